The molecule has 0 bridgehead atoms. The number of carbonyl (C=O) groups excluding carboxylic acids is 1. The maximum atomic E-state index is 12.0. The summed E-state index contributed by atoms with van der Waals surface area (Å²) in [5.74, 6) is 0.844. The molecule has 1 saturated carbocycles. The summed E-state index contributed by atoms with van der Waals surface area (Å²) >= 11 is 0. The van der Waals surface area contributed by atoms with E-state index in [4.69, 9.17) is 0 Å². The number of likely N-dealkylation sites (tertiary alicyclic amines) is 1. The number of aliphatic hydroxyl groups is 1. The fraction of sp³-hybridized carbons (Fsp3) is 0.727. The molecule has 1 aliphatic heterocycles. The molecule has 1 aromatic rings. The second-order valence-electron chi connectivity index (χ2n) is 4.97. The van der Waals surface area contributed by atoms with E-state index < -0.39 is 0 Å². The van der Waals surface area contributed by atoms with Gasteiger partial charge in [-0.2, -0.15) is 0 Å². The number of hydrogen-bond donors (Lipinski definition) is 1. The standard InChI is InChI=1S/C11H16N4O2/c16-10-2-1-8-5-14(6-9(8)10)11(17)7-15-4-3-12-13-15/h3-4,8-10,16H,1-2,5-7H2. The number of carbonyl (C=O) groups is 1. The number of fused-ring (bicyclic) bond motifs is 1. The summed E-state index contributed by atoms with van der Waals surface area (Å²) in [6.45, 7) is 1.73. The molecule has 92 valence electrons. The van der Waals surface area contributed by atoms with Gasteiger partial charge in [-0.1, -0.05) is 5.21 Å². The highest BCUT2D eigenvalue weighted by molar-refractivity contribution is 5.76. The zero-order chi connectivity index (χ0) is 11.8. The van der Waals surface area contributed by atoms with E-state index in [0.29, 0.717) is 12.5 Å². The Hall–Kier alpha value is -1.43. The fourth-order valence-electron chi connectivity index (χ4n) is 3.00. The number of nitrogens with zero attached hydrogens (tertiary/aromatic N) is 4. The molecule has 1 aromatic heterocycles. The largest absolute Gasteiger partial charge is 0.393 e. The topological polar surface area (TPSA) is 71.2 Å². The van der Waals surface area contributed by atoms with Crippen molar-refractivity contribution in [2.75, 3.05) is 13.1 Å². The van der Waals surface area contributed by atoms with Crippen LogP contribution in [0.4, 0.5) is 0 Å². The van der Waals surface area contributed by atoms with Crippen molar-refractivity contribution in [1.29, 1.82) is 0 Å². The highest BCUT2D eigenvalue weighted by atomic mass is 16.3. The Labute approximate surface area is 99.2 Å². The molecule has 1 amide bonds. The average molecular weight is 236 g/mol. The van der Waals surface area contributed by atoms with Crippen LogP contribution < -0.4 is 0 Å². The van der Waals surface area contributed by atoms with Crippen molar-refractivity contribution < 1.29 is 9.90 Å². The van der Waals surface area contributed by atoms with Crippen molar-refractivity contribution in [3.8, 4) is 0 Å². The number of hydrogen-bond acceptors (Lipinski definition) is 4. The van der Waals surface area contributed by atoms with Crippen molar-refractivity contribution in [2.24, 2.45) is 11.8 Å². The molecule has 3 unspecified atom stereocenters. The summed E-state index contributed by atoms with van der Waals surface area (Å²) in [4.78, 5) is 13.9. The monoisotopic (exact) mass is 236 g/mol. The van der Waals surface area contributed by atoms with E-state index in [-0.39, 0.29) is 24.5 Å². The van der Waals surface area contributed by atoms with Crippen LogP contribution in [0.25, 0.3) is 0 Å². The summed E-state index contributed by atoms with van der Waals surface area (Å²) in [7, 11) is 0. The Bertz CT molecular complexity index is 406. The smallest absolute Gasteiger partial charge is 0.244 e. The molecule has 1 saturated heterocycles. The van der Waals surface area contributed by atoms with Crippen LogP contribution in [0, 0.1) is 11.8 Å². The Balaban J connectivity index is 1.61. The third-order valence-electron chi connectivity index (χ3n) is 3.94. The van der Waals surface area contributed by atoms with Crippen LogP contribution in [0.2, 0.25) is 0 Å². The van der Waals surface area contributed by atoms with Gasteiger partial charge in [-0.15, -0.1) is 5.10 Å². The third kappa shape index (κ3) is 1.93. The van der Waals surface area contributed by atoms with Gasteiger partial charge in [-0.05, 0) is 18.8 Å². The van der Waals surface area contributed by atoms with E-state index in [1.807, 2.05) is 4.90 Å². The van der Waals surface area contributed by atoms with Crippen LogP contribution in [0.1, 0.15) is 12.8 Å². The second-order valence-corrected chi connectivity index (χ2v) is 4.97. The van der Waals surface area contributed by atoms with Gasteiger partial charge in [-0.3, -0.25) is 4.79 Å². The van der Waals surface area contributed by atoms with Crippen molar-refractivity contribution in [1.82, 2.24) is 19.9 Å². The fourth-order valence-corrected chi connectivity index (χ4v) is 3.00. The number of rotatable bonds is 2. The van der Waals surface area contributed by atoms with E-state index in [0.717, 1.165) is 19.4 Å². The van der Waals surface area contributed by atoms with Gasteiger partial charge in [0, 0.05) is 25.2 Å². The first-order valence-corrected chi connectivity index (χ1v) is 6.04. The van der Waals surface area contributed by atoms with E-state index in [2.05, 4.69) is 10.3 Å². The molecule has 2 aliphatic rings. The second kappa shape index (κ2) is 4.10. The number of aromatic nitrogens is 3. The lowest BCUT2D eigenvalue weighted by Gasteiger charge is -2.18. The normalized spacial score (nSPS) is 31.8. The van der Waals surface area contributed by atoms with Crippen molar-refractivity contribution in [2.45, 2.75) is 25.5 Å². The Morgan fingerprint density at radius 2 is 2.29 bits per heavy atom. The molecule has 6 nitrogen and oxygen atoms in total. The lowest BCUT2D eigenvalue weighted by molar-refractivity contribution is -0.131. The molecular weight excluding hydrogens is 220 g/mol. The predicted octanol–water partition coefficient (Wildman–Crippen LogP) is -0.493. The van der Waals surface area contributed by atoms with Gasteiger partial charge in [0.2, 0.25) is 5.91 Å². The van der Waals surface area contributed by atoms with E-state index in [9.17, 15) is 9.90 Å². The van der Waals surface area contributed by atoms with E-state index in [1.54, 1.807) is 12.4 Å². The van der Waals surface area contributed by atoms with Crippen LogP contribution in [0.15, 0.2) is 12.4 Å². The summed E-state index contributed by atoms with van der Waals surface area (Å²) < 4.78 is 1.53. The third-order valence-corrected chi connectivity index (χ3v) is 3.94. The van der Waals surface area contributed by atoms with Crippen LogP contribution >= 0.6 is 0 Å². The van der Waals surface area contributed by atoms with Crippen molar-refractivity contribution in [3.05, 3.63) is 12.4 Å². The number of amides is 1. The van der Waals surface area contributed by atoms with Gasteiger partial charge in [0.15, 0.2) is 0 Å². The van der Waals surface area contributed by atoms with Crippen molar-refractivity contribution >= 4 is 5.91 Å². The minimum atomic E-state index is -0.218. The molecule has 2 fully saturated rings. The molecule has 6 heteroatoms. The first-order valence-electron chi connectivity index (χ1n) is 6.04. The van der Waals surface area contributed by atoms with Crippen molar-refractivity contribution in [3.63, 3.8) is 0 Å². The summed E-state index contributed by atoms with van der Waals surface area (Å²) in [5, 5.41) is 17.2. The van der Waals surface area contributed by atoms with Gasteiger partial charge in [0.25, 0.3) is 0 Å². The van der Waals surface area contributed by atoms with Gasteiger partial charge in [0.05, 0.1) is 12.3 Å². The summed E-state index contributed by atoms with van der Waals surface area (Å²) in [6.07, 6.45) is 4.96. The molecule has 17 heavy (non-hydrogen) atoms. The maximum Gasteiger partial charge on any atom is 0.244 e. The van der Waals surface area contributed by atoms with Crippen LogP contribution in [-0.4, -0.2) is 50.1 Å². The first-order chi connectivity index (χ1) is 8.24. The molecule has 0 radical (unpaired) electrons. The zero-order valence-electron chi connectivity index (χ0n) is 9.57. The zero-order valence-corrected chi connectivity index (χ0v) is 9.57. The summed E-state index contributed by atoms with van der Waals surface area (Å²) in [6, 6.07) is 0. The van der Waals surface area contributed by atoms with Gasteiger partial charge in [-0.25, -0.2) is 4.68 Å². The molecule has 0 spiro atoms. The predicted molar refractivity (Wildman–Crippen MR) is 58.8 cm³/mol. The van der Waals surface area contributed by atoms with E-state index >= 15 is 0 Å². The molecule has 1 N–H and O–H groups in total. The van der Waals surface area contributed by atoms with Gasteiger partial charge in [0.1, 0.15) is 6.54 Å². The molecule has 3 atom stereocenters. The minimum Gasteiger partial charge on any atom is -0.393 e. The molecule has 2 heterocycles. The maximum absolute atomic E-state index is 12.0. The highest BCUT2D eigenvalue weighted by Crippen LogP contribution is 2.38. The van der Waals surface area contributed by atoms with Crippen LogP contribution in [0.3, 0.4) is 0 Å². The highest BCUT2D eigenvalue weighted by Gasteiger charge is 2.43. The lowest BCUT2D eigenvalue weighted by atomic mass is 10.00. The van der Waals surface area contributed by atoms with E-state index in [1.165, 1.54) is 4.68 Å². The first kappa shape index (κ1) is 10.7. The van der Waals surface area contributed by atoms with Crippen LogP contribution in [0.5, 0.6) is 0 Å². The average Bonchev–Trinajstić information content (AvgIpc) is 2.97. The number of aliphatic hydroxyl groups excluding tert-OH is 1. The Morgan fingerprint density at radius 1 is 1.41 bits per heavy atom. The molecular formula is C11H16N4O2. The van der Waals surface area contributed by atoms with Gasteiger partial charge < -0.3 is 10.0 Å². The quantitative estimate of drug-likeness (QED) is 0.752. The molecule has 0 aromatic carbocycles. The Morgan fingerprint density at radius 3 is 3.00 bits per heavy atom. The summed E-state index contributed by atoms with van der Waals surface area (Å²) in [5.41, 5.74) is 0. The lowest BCUT2D eigenvalue weighted by Crippen LogP contribution is -2.33. The SMILES string of the molecule is O=C(Cn1ccnn1)N1CC2CCC(O)C2C1. The van der Waals surface area contributed by atoms with Gasteiger partial charge >= 0.3 is 0 Å². The minimum absolute atomic E-state index is 0.0668. The van der Waals surface area contributed by atoms with Crippen LogP contribution in [-0.2, 0) is 11.3 Å². The molecule has 3 rings (SSSR count). The Kier molecular flexibility index (Phi) is 2.58. The molecule has 1 aliphatic carbocycles.